The molecule has 0 spiro atoms. The normalized spacial score (nSPS) is 14.4. The molecule has 0 aromatic heterocycles. The second kappa shape index (κ2) is 12.8. The molecule has 4 rings (SSSR count). The molecular formula is C29H26BrClN2O6. The Hall–Kier alpha value is -3.82. The topological polar surface area (TPSA) is 94.2 Å². The maximum Gasteiger partial charge on any atom is 0.331 e. The number of nitrogens with zero attached hydrogens (tertiary/aromatic N) is 1. The lowest BCUT2D eigenvalue weighted by atomic mass is 10.1. The highest BCUT2D eigenvalue weighted by molar-refractivity contribution is 9.10. The standard InChI is InChI=1S/C29H26BrClN2O6/c1-3-12-38-25-11-7-20(15-26(25)37-2)16-33-28(35)22(27(34)32-29(33)36)13-19-6-10-24(23(30)14-19)39-17-18-4-8-21(31)9-5-18/h4-11,13-15H,3,12,16-17H2,1-2H3,(H,32,34,36)/b22-13+. The van der Waals surface area contributed by atoms with Crippen molar-refractivity contribution in [2.24, 2.45) is 0 Å². The van der Waals surface area contributed by atoms with Crippen LogP contribution in [0.2, 0.25) is 5.02 Å². The Bertz CT molecular complexity index is 1420. The number of nitrogens with one attached hydrogen (secondary N) is 1. The smallest absolute Gasteiger partial charge is 0.331 e. The Morgan fingerprint density at radius 1 is 0.923 bits per heavy atom. The van der Waals surface area contributed by atoms with Crippen LogP contribution in [0.4, 0.5) is 4.79 Å². The predicted octanol–water partition coefficient (Wildman–Crippen LogP) is 6.14. The SMILES string of the molecule is CCCOc1ccc(CN2C(=O)NC(=O)/C(=C\c3ccc(OCc4ccc(Cl)cc4)c(Br)c3)C2=O)cc1OC. The van der Waals surface area contributed by atoms with Crippen molar-refractivity contribution in [1.29, 1.82) is 0 Å². The molecule has 1 saturated heterocycles. The maximum atomic E-state index is 13.2. The van der Waals surface area contributed by atoms with Gasteiger partial charge in [-0.2, -0.15) is 0 Å². The van der Waals surface area contributed by atoms with Crippen molar-refractivity contribution in [3.05, 3.63) is 92.4 Å². The van der Waals surface area contributed by atoms with E-state index in [1.165, 1.54) is 13.2 Å². The molecule has 4 amide bonds. The quantitative estimate of drug-likeness (QED) is 0.218. The Balaban J connectivity index is 1.50. The van der Waals surface area contributed by atoms with Crippen LogP contribution in [-0.4, -0.2) is 36.5 Å². The number of imide groups is 2. The van der Waals surface area contributed by atoms with E-state index < -0.39 is 17.8 Å². The Labute approximate surface area is 239 Å². The highest BCUT2D eigenvalue weighted by Gasteiger charge is 2.35. The molecule has 0 atom stereocenters. The Morgan fingerprint density at radius 3 is 2.33 bits per heavy atom. The largest absolute Gasteiger partial charge is 0.493 e. The van der Waals surface area contributed by atoms with Crippen molar-refractivity contribution in [2.45, 2.75) is 26.5 Å². The third-order valence-corrected chi connectivity index (χ3v) is 6.66. The second-order valence-corrected chi connectivity index (χ2v) is 9.94. The van der Waals surface area contributed by atoms with Crippen molar-refractivity contribution < 1.29 is 28.6 Å². The average Bonchev–Trinajstić information content (AvgIpc) is 2.93. The molecule has 39 heavy (non-hydrogen) atoms. The Kier molecular flexibility index (Phi) is 9.27. The molecular weight excluding hydrogens is 588 g/mol. The minimum Gasteiger partial charge on any atom is -0.493 e. The van der Waals surface area contributed by atoms with Gasteiger partial charge in [0.2, 0.25) is 0 Å². The number of halogens is 2. The van der Waals surface area contributed by atoms with Gasteiger partial charge < -0.3 is 14.2 Å². The highest BCUT2D eigenvalue weighted by atomic mass is 79.9. The van der Waals surface area contributed by atoms with Crippen molar-refractivity contribution in [2.75, 3.05) is 13.7 Å². The van der Waals surface area contributed by atoms with E-state index in [-0.39, 0.29) is 12.1 Å². The molecule has 202 valence electrons. The molecule has 0 bridgehead atoms. The van der Waals surface area contributed by atoms with E-state index in [1.807, 2.05) is 19.1 Å². The molecule has 0 unspecified atom stereocenters. The summed E-state index contributed by atoms with van der Waals surface area (Å²) >= 11 is 9.41. The first-order chi connectivity index (χ1) is 18.8. The van der Waals surface area contributed by atoms with Crippen molar-refractivity contribution >= 4 is 51.5 Å². The lowest BCUT2D eigenvalue weighted by Crippen LogP contribution is -2.53. The van der Waals surface area contributed by atoms with Gasteiger partial charge >= 0.3 is 6.03 Å². The lowest BCUT2D eigenvalue weighted by molar-refractivity contribution is -0.130. The molecule has 10 heteroatoms. The molecule has 1 N–H and O–H groups in total. The summed E-state index contributed by atoms with van der Waals surface area (Å²) in [5.41, 5.74) is 2.00. The summed E-state index contributed by atoms with van der Waals surface area (Å²) in [4.78, 5) is 39.3. The zero-order chi connectivity index (χ0) is 27.9. The summed E-state index contributed by atoms with van der Waals surface area (Å²) in [5.74, 6) is 0.179. The third kappa shape index (κ3) is 6.99. The van der Waals surface area contributed by atoms with Crippen LogP contribution < -0.4 is 19.5 Å². The van der Waals surface area contributed by atoms with Crippen LogP contribution >= 0.6 is 27.5 Å². The van der Waals surface area contributed by atoms with Crippen molar-refractivity contribution in [3.8, 4) is 17.2 Å². The average molecular weight is 614 g/mol. The van der Waals surface area contributed by atoms with Gasteiger partial charge in [-0.15, -0.1) is 0 Å². The highest BCUT2D eigenvalue weighted by Crippen LogP contribution is 2.30. The zero-order valence-corrected chi connectivity index (χ0v) is 23.7. The van der Waals surface area contributed by atoms with Crippen molar-refractivity contribution in [3.63, 3.8) is 0 Å². The minimum atomic E-state index is -0.792. The number of ether oxygens (including phenoxy) is 3. The van der Waals surface area contributed by atoms with Gasteiger partial charge in [0.05, 0.1) is 24.7 Å². The zero-order valence-electron chi connectivity index (χ0n) is 21.3. The number of rotatable bonds is 10. The molecule has 0 saturated carbocycles. The van der Waals surface area contributed by atoms with E-state index in [2.05, 4.69) is 21.2 Å². The van der Waals surface area contributed by atoms with Gasteiger partial charge in [0.15, 0.2) is 11.5 Å². The van der Waals surface area contributed by atoms with Gasteiger partial charge in [0.25, 0.3) is 11.8 Å². The van der Waals surface area contributed by atoms with E-state index in [0.717, 1.165) is 16.9 Å². The first kappa shape index (κ1) is 28.2. The molecule has 0 radical (unpaired) electrons. The summed E-state index contributed by atoms with van der Waals surface area (Å²) in [6, 6.07) is 16.9. The number of barbiturate groups is 1. The number of carbonyl (C=O) groups is 3. The number of hydrogen-bond acceptors (Lipinski definition) is 6. The van der Waals surface area contributed by atoms with Gasteiger partial charge in [0.1, 0.15) is 17.9 Å². The third-order valence-electron chi connectivity index (χ3n) is 5.79. The van der Waals surface area contributed by atoms with Gasteiger partial charge in [0, 0.05) is 5.02 Å². The molecule has 1 aliphatic heterocycles. The van der Waals surface area contributed by atoms with Crippen LogP contribution in [0.25, 0.3) is 6.08 Å². The summed E-state index contributed by atoms with van der Waals surface area (Å²) in [5, 5.41) is 2.89. The summed E-state index contributed by atoms with van der Waals surface area (Å²) in [6.45, 7) is 2.81. The molecule has 1 fully saturated rings. The monoisotopic (exact) mass is 612 g/mol. The number of benzene rings is 3. The van der Waals surface area contributed by atoms with Gasteiger partial charge in [-0.05, 0) is 81.5 Å². The lowest BCUT2D eigenvalue weighted by Gasteiger charge is -2.26. The summed E-state index contributed by atoms with van der Waals surface area (Å²) in [7, 11) is 1.52. The fourth-order valence-electron chi connectivity index (χ4n) is 3.79. The Morgan fingerprint density at radius 2 is 1.64 bits per heavy atom. The fraction of sp³-hybridized carbons (Fsp3) is 0.207. The van der Waals surface area contributed by atoms with Crippen LogP contribution in [0.1, 0.15) is 30.0 Å². The van der Waals surface area contributed by atoms with Gasteiger partial charge in [-0.3, -0.25) is 19.8 Å². The van der Waals surface area contributed by atoms with Gasteiger partial charge in [-0.1, -0.05) is 42.8 Å². The molecule has 8 nitrogen and oxygen atoms in total. The van der Waals surface area contributed by atoms with Crippen molar-refractivity contribution in [1.82, 2.24) is 10.2 Å². The minimum absolute atomic E-state index is 0.0547. The van der Waals surface area contributed by atoms with Crippen LogP contribution in [0, 0.1) is 0 Å². The van der Waals surface area contributed by atoms with Gasteiger partial charge in [-0.25, -0.2) is 4.79 Å². The van der Waals surface area contributed by atoms with Crippen LogP contribution in [0.5, 0.6) is 17.2 Å². The molecule has 1 heterocycles. The van der Waals surface area contributed by atoms with E-state index in [4.69, 9.17) is 25.8 Å². The number of amides is 4. The first-order valence-electron chi connectivity index (χ1n) is 12.1. The number of urea groups is 1. The fourth-order valence-corrected chi connectivity index (χ4v) is 4.43. The van der Waals surface area contributed by atoms with E-state index in [0.29, 0.717) is 51.1 Å². The van der Waals surface area contributed by atoms with E-state index in [1.54, 1.807) is 48.5 Å². The second-order valence-electron chi connectivity index (χ2n) is 8.65. The number of hydrogen-bond donors (Lipinski definition) is 1. The van der Waals surface area contributed by atoms with E-state index in [9.17, 15) is 14.4 Å². The summed E-state index contributed by atoms with van der Waals surface area (Å²) in [6.07, 6.45) is 2.28. The molecule has 3 aromatic rings. The van der Waals surface area contributed by atoms with Crippen LogP contribution in [0.15, 0.2) is 70.7 Å². The maximum absolute atomic E-state index is 13.2. The predicted molar refractivity (Wildman–Crippen MR) is 151 cm³/mol. The first-order valence-corrected chi connectivity index (χ1v) is 13.3. The number of methoxy groups -OCH3 is 1. The van der Waals surface area contributed by atoms with E-state index >= 15 is 0 Å². The van der Waals surface area contributed by atoms with Crippen LogP contribution in [0.3, 0.4) is 0 Å². The molecule has 1 aliphatic rings. The molecule has 0 aliphatic carbocycles. The number of carbonyl (C=O) groups excluding carboxylic acids is 3. The van der Waals surface area contributed by atoms with Crippen LogP contribution in [-0.2, 0) is 22.7 Å². The molecule has 3 aromatic carbocycles. The summed E-state index contributed by atoms with van der Waals surface area (Å²) < 4.78 is 17.6.